The van der Waals surface area contributed by atoms with Crippen molar-refractivity contribution in [2.75, 3.05) is 59.5 Å². The summed E-state index contributed by atoms with van der Waals surface area (Å²) in [6.45, 7) is 18.5. The minimum Gasteiger partial charge on any atom is -0.404 e. The van der Waals surface area contributed by atoms with E-state index in [0.717, 1.165) is 38.5 Å². The second kappa shape index (κ2) is 27.4. The van der Waals surface area contributed by atoms with Crippen LogP contribution in [-0.2, 0) is 61.7 Å². The van der Waals surface area contributed by atoms with E-state index in [4.69, 9.17) is 52.1 Å². The van der Waals surface area contributed by atoms with Crippen LogP contribution < -0.4 is 0 Å². The molecule has 13 heteroatoms. The Morgan fingerprint density at radius 2 is 0.894 bits per heavy atom. The van der Waals surface area contributed by atoms with Crippen molar-refractivity contribution < 1.29 is 61.7 Å². The molecule has 0 aliphatic rings. The first kappa shape index (κ1) is 45.6. The Hall–Kier alpha value is -1.42. The first-order chi connectivity index (χ1) is 22.7. The van der Waals surface area contributed by atoms with Crippen LogP contribution in [-0.4, -0.2) is 95.6 Å². The molecule has 0 fully saturated rings. The lowest BCUT2D eigenvalue weighted by Gasteiger charge is -2.44. The van der Waals surface area contributed by atoms with Gasteiger partial charge in [-0.15, -0.1) is 0 Å². The molecule has 1 atom stereocenters. The first-order valence-corrected chi connectivity index (χ1v) is 17.8. The fourth-order valence-electron chi connectivity index (χ4n) is 4.63. The molecule has 0 aromatic rings. The summed E-state index contributed by atoms with van der Waals surface area (Å²) in [5, 5.41) is 0. The van der Waals surface area contributed by atoms with Gasteiger partial charge in [0.2, 0.25) is 0 Å². The average molecular weight is 683 g/mol. The van der Waals surface area contributed by atoms with E-state index in [1.165, 1.54) is 0 Å². The maximum Gasteiger partial charge on any atom is 0.416 e. The Labute approximate surface area is 283 Å². The van der Waals surface area contributed by atoms with Crippen LogP contribution in [0.4, 0.5) is 0 Å². The second-order valence-corrected chi connectivity index (χ2v) is 10.4. The normalized spacial score (nSPS) is 13.1. The summed E-state index contributed by atoms with van der Waals surface area (Å²) in [5.41, 5.74) is 0. The number of esters is 2. The fourth-order valence-corrected chi connectivity index (χ4v) is 4.63. The number of unbranched alkanes of at least 4 members (excludes halogenated alkanes) is 5. The van der Waals surface area contributed by atoms with Crippen LogP contribution in [0.5, 0.6) is 0 Å². The quantitative estimate of drug-likeness (QED) is 0.0419. The molecule has 0 saturated carbocycles. The van der Waals surface area contributed by atoms with Gasteiger partial charge in [0.25, 0.3) is 6.29 Å². The van der Waals surface area contributed by atoms with Crippen molar-refractivity contribution in [3.05, 3.63) is 0 Å². The van der Waals surface area contributed by atoms with Crippen LogP contribution in [0.15, 0.2) is 0 Å². The molecule has 0 aromatic heterocycles. The number of hydrogen-bond acceptors (Lipinski definition) is 13. The molecule has 0 spiro atoms. The maximum atomic E-state index is 13.3. The Bertz CT molecular complexity index is 761. The standard InChI is InChI=1S/C34H66O13/c1-10-19-23-27-38-31(37-12-3)32(39-13-4,40-14-5)46-29(35)25-21-22-26-30(36)47-34(43-17-8,44-18-9)33(41-15-6,42-16-7)45-28-24-20-11-2/h31H,10-28H2,1-9H3. The third-order valence-corrected chi connectivity index (χ3v) is 6.58. The van der Waals surface area contributed by atoms with Crippen LogP contribution in [0, 0.1) is 0 Å². The van der Waals surface area contributed by atoms with Gasteiger partial charge in [-0.1, -0.05) is 39.5 Å². The molecule has 1 unspecified atom stereocenters. The average Bonchev–Trinajstić information content (AvgIpc) is 3.03. The SMILES string of the molecule is CCCCCOC(OCC)C(OCC)(OCC)OC(=O)CCCCC(=O)OC(OCC)(OCC)C(OCC)(OCC)OCCCCC. The topological polar surface area (TPSA) is 136 Å². The molecule has 47 heavy (non-hydrogen) atoms. The molecular weight excluding hydrogens is 616 g/mol. The highest BCUT2D eigenvalue weighted by Gasteiger charge is 2.63. The molecule has 0 aliphatic heterocycles. The minimum atomic E-state index is -2.12. The lowest BCUT2D eigenvalue weighted by molar-refractivity contribution is -0.550. The number of carbonyl (C=O) groups is 2. The van der Waals surface area contributed by atoms with Gasteiger partial charge >= 0.3 is 29.9 Å². The molecule has 0 bridgehead atoms. The summed E-state index contributed by atoms with van der Waals surface area (Å²) in [5.74, 6) is -7.17. The Morgan fingerprint density at radius 3 is 1.34 bits per heavy atom. The van der Waals surface area contributed by atoms with Gasteiger partial charge in [-0.25, -0.2) is 0 Å². The van der Waals surface area contributed by atoms with Crippen molar-refractivity contribution in [2.45, 2.75) is 151 Å². The summed E-state index contributed by atoms with van der Waals surface area (Å²) >= 11 is 0. The Balaban J connectivity index is 5.68. The fraction of sp³-hybridized carbons (Fsp3) is 0.941. The number of hydrogen-bond donors (Lipinski definition) is 0. The monoisotopic (exact) mass is 682 g/mol. The predicted molar refractivity (Wildman–Crippen MR) is 175 cm³/mol. The van der Waals surface area contributed by atoms with Crippen LogP contribution in [0.3, 0.4) is 0 Å². The van der Waals surface area contributed by atoms with Crippen molar-refractivity contribution in [2.24, 2.45) is 0 Å². The van der Waals surface area contributed by atoms with E-state index in [1.807, 2.05) is 6.92 Å². The van der Waals surface area contributed by atoms with Gasteiger partial charge in [-0.05, 0) is 74.1 Å². The zero-order valence-corrected chi connectivity index (χ0v) is 30.8. The summed E-state index contributed by atoms with van der Waals surface area (Å²) < 4.78 is 64.9. The van der Waals surface area contributed by atoms with E-state index in [1.54, 1.807) is 41.5 Å². The predicted octanol–water partition coefficient (Wildman–Crippen LogP) is 6.59. The van der Waals surface area contributed by atoms with Gasteiger partial charge in [0, 0.05) is 32.7 Å². The van der Waals surface area contributed by atoms with Crippen LogP contribution in [0.1, 0.15) is 127 Å². The number of carbonyl (C=O) groups excluding carboxylic acids is 2. The highest BCUT2D eigenvalue weighted by atomic mass is 17.0. The Kier molecular flexibility index (Phi) is 26.6. The van der Waals surface area contributed by atoms with Crippen molar-refractivity contribution in [1.29, 1.82) is 0 Å². The van der Waals surface area contributed by atoms with Crippen molar-refractivity contribution in [3.63, 3.8) is 0 Å². The maximum absolute atomic E-state index is 13.3. The highest BCUT2D eigenvalue weighted by Crippen LogP contribution is 2.37. The van der Waals surface area contributed by atoms with Crippen molar-refractivity contribution >= 4 is 11.9 Å². The molecule has 0 N–H and O–H groups in total. The summed E-state index contributed by atoms with van der Waals surface area (Å²) in [7, 11) is 0. The lowest BCUT2D eigenvalue weighted by atomic mass is 10.2. The van der Waals surface area contributed by atoms with E-state index in [2.05, 4.69) is 13.8 Å². The van der Waals surface area contributed by atoms with E-state index in [9.17, 15) is 9.59 Å². The zero-order chi connectivity index (χ0) is 35.4. The molecule has 0 radical (unpaired) electrons. The highest BCUT2D eigenvalue weighted by molar-refractivity contribution is 5.71. The third-order valence-electron chi connectivity index (χ3n) is 6.58. The van der Waals surface area contributed by atoms with Crippen molar-refractivity contribution in [1.82, 2.24) is 0 Å². The van der Waals surface area contributed by atoms with Crippen LogP contribution in [0.2, 0.25) is 0 Å². The summed E-state index contributed by atoms with van der Waals surface area (Å²) in [4.78, 5) is 26.3. The second-order valence-electron chi connectivity index (χ2n) is 10.4. The zero-order valence-electron chi connectivity index (χ0n) is 30.8. The number of rotatable bonds is 33. The van der Waals surface area contributed by atoms with Gasteiger partial charge in [0.1, 0.15) is 0 Å². The summed E-state index contributed by atoms with van der Waals surface area (Å²) in [6, 6.07) is 0. The Morgan fingerprint density at radius 1 is 0.447 bits per heavy atom. The van der Waals surface area contributed by atoms with Crippen LogP contribution in [0.25, 0.3) is 0 Å². The van der Waals surface area contributed by atoms with E-state index >= 15 is 0 Å². The third kappa shape index (κ3) is 16.2. The molecule has 0 aromatic carbocycles. The van der Waals surface area contributed by atoms with Gasteiger partial charge < -0.3 is 52.1 Å². The molecular formula is C34H66O13. The minimum absolute atomic E-state index is 0.0196. The molecule has 280 valence electrons. The molecule has 0 saturated heterocycles. The lowest BCUT2D eigenvalue weighted by Crippen LogP contribution is -2.65. The van der Waals surface area contributed by atoms with Gasteiger partial charge in [0.15, 0.2) is 0 Å². The van der Waals surface area contributed by atoms with E-state index in [-0.39, 0.29) is 59.1 Å². The van der Waals surface area contributed by atoms with Gasteiger partial charge in [0.05, 0.1) is 39.6 Å². The van der Waals surface area contributed by atoms with Crippen LogP contribution >= 0.6 is 0 Å². The molecule has 13 nitrogen and oxygen atoms in total. The van der Waals surface area contributed by atoms with Crippen molar-refractivity contribution in [3.8, 4) is 0 Å². The molecule has 0 aliphatic carbocycles. The summed E-state index contributed by atoms with van der Waals surface area (Å²) in [6.07, 6.45) is 4.94. The van der Waals surface area contributed by atoms with Gasteiger partial charge in [-0.2, -0.15) is 0 Å². The molecule has 0 heterocycles. The molecule has 0 amide bonds. The molecule has 0 rings (SSSR count). The smallest absolute Gasteiger partial charge is 0.404 e. The van der Waals surface area contributed by atoms with E-state index < -0.39 is 36.1 Å². The van der Waals surface area contributed by atoms with E-state index in [0.29, 0.717) is 26.1 Å². The first-order valence-electron chi connectivity index (χ1n) is 17.8. The number of ether oxygens (including phenoxy) is 11. The largest absolute Gasteiger partial charge is 0.416 e. The van der Waals surface area contributed by atoms with Gasteiger partial charge in [-0.3, -0.25) is 9.59 Å².